The summed E-state index contributed by atoms with van der Waals surface area (Å²) in [5.41, 5.74) is 12.1. The zero-order valence-electron chi connectivity index (χ0n) is 22.1. The van der Waals surface area contributed by atoms with Crippen LogP contribution in [0.1, 0.15) is 46.3 Å². The van der Waals surface area contributed by atoms with Crippen LogP contribution in [0.5, 0.6) is 0 Å². The van der Waals surface area contributed by atoms with Crippen molar-refractivity contribution in [3.8, 4) is 22.4 Å². The summed E-state index contributed by atoms with van der Waals surface area (Å²) in [7, 11) is 0. The van der Waals surface area contributed by atoms with Crippen molar-refractivity contribution in [3.05, 3.63) is 132 Å². The Balaban J connectivity index is 1.39. The van der Waals surface area contributed by atoms with Gasteiger partial charge < -0.3 is 9.80 Å². The first kappa shape index (κ1) is 22.8. The molecule has 3 atom stereocenters. The molecule has 0 amide bonds. The standard InChI is InChI=1S/C35H31FN3/c1-22-19-32-30-20-27(36)13-11-25(30)12-14-29-28-10-6-9-26-15-16-37-17-18-38(35(37)33(26)28)34(29)23(2)39(32)21-31(22)24-7-4-3-5-8-24/h3-11,13,17-21,29,34-35H,2,12,14-16H2,1H3/q+1. The second-order valence-corrected chi connectivity index (χ2v) is 11.4. The van der Waals surface area contributed by atoms with Crippen LogP contribution >= 0.6 is 0 Å². The molecule has 4 heteroatoms. The van der Waals surface area contributed by atoms with Gasteiger partial charge in [0, 0.05) is 42.1 Å². The van der Waals surface area contributed by atoms with Gasteiger partial charge in [0.15, 0.2) is 6.20 Å². The molecule has 8 rings (SSSR count). The molecule has 0 bridgehead atoms. The Bertz CT molecular complexity index is 1690. The molecule has 4 aromatic rings. The maximum Gasteiger partial charge on any atom is 0.218 e. The zero-order chi connectivity index (χ0) is 26.2. The number of aryl methyl sites for hydroxylation is 2. The van der Waals surface area contributed by atoms with Gasteiger partial charge in [0.1, 0.15) is 18.0 Å². The number of halogens is 1. The molecule has 0 fully saturated rings. The van der Waals surface area contributed by atoms with Gasteiger partial charge in [-0.2, -0.15) is 4.57 Å². The first-order valence-electron chi connectivity index (χ1n) is 14.0. The second-order valence-electron chi connectivity index (χ2n) is 11.4. The molecular weight excluding hydrogens is 481 g/mol. The molecule has 0 radical (unpaired) electrons. The fourth-order valence-electron chi connectivity index (χ4n) is 7.56. The number of hydrogen-bond donors (Lipinski definition) is 0. The minimum atomic E-state index is -0.202. The van der Waals surface area contributed by atoms with E-state index < -0.39 is 0 Å². The van der Waals surface area contributed by atoms with Crippen molar-refractivity contribution < 1.29 is 8.96 Å². The first-order valence-corrected chi connectivity index (χ1v) is 14.0. The molecule has 39 heavy (non-hydrogen) atoms. The number of hydrogen-bond acceptors (Lipinski definition) is 2. The lowest BCUT2D eigenvalue weighted by molar-refractivity contribution is -0.573. The molecule has 5 heterocycles. The van der Waals surface area contributed by atoms with Gasteiger partial charge in [-0.25, -0.2) is 4.39 Å². The molecule has 192 valence electrons. The lowest BCUT2D eigenvalue weighted by Gasteiger charge is -2.48. The Hall–Kier alpha value is -4.18. The van der Waals surface area contributed by atoms with Gasteiger partial charge in [0.25, 0.3) is 0 Å². The van der Waals surface area contributed by atoms with Crippen LogP contribution in [0.4, 0.5) is 4.39 Å². The Morgan fingerprint density at radius 3 is 2.64 bits per heavy atom. The van der Waals surface area contributed by atoms with Crippen molar-refractivity contribution in [3.63, 3.8) is 0 Å². The smallest absolute Gasteiger partial charge is 0.218 e. The highest BCUT2D eigenvalue weighted by Crippen LogP contribution is 2.51. The van der Waals surface area contributed by atoms with Crippen LogP contribution in [-0.4, -0.2) is 22.4 Å². The predicted octanol–water partition coefficient (Wildman–Crippen LogP) is 6.98. The fourth-order valence-corrected chi connectivity index (χ4v) is 7.56. The van der Waals surface area contributed by atoms with Gasteiger partial charge in [0.05, 0.1) is 5.56 Å². The SMILES string of the molecule is C=C1C2C(CCc3ccc(F)cc3-c3cc(C)c(-c4ccccc4)c[n+]31)c1cccc3c1C1N(C=CN21)CC3. The molecule has 3 aromatic carbocycles. The number of benzene rings is 3. The highest BCUT2D eigenvalue weighted by atomic mass is 19.1. The van der Waals surface area contributed by atoms with Crippen LogP contribution < -0.4 is 4.57 Å². The van der Waals surface area contributed by atoms with E-state index in [0.717, 1.165) is 42.8 Å². The Morgan fingerprint density at radius 2 is 1.77 bits per heavy atom. The summed E-state index contributed by atoms with van der Waals surface area (Å²) in [4.78, 5) is 5.04. The molecule has 1 aromatic heterocycles. The lowest BCUT2D eigenvalue weighted by atomic mass is 9.75. The van der Waals surface area contributed by atoms with E-state index in [2.05, 4.69) is 94.5 Å². The summed E-state index contributed by atoms with van der Waals surface area (Å²) in [5, 5.41) is 0. The molecule has 0 aliphatic carbocycles. The molecule has 4 aliphatic heterocycles. The summed E-state index contributed by atoms with van der Waals surface area (Å²) in [5.74, 6) is 0.0793. The van der Waals surface area contributed by atoms with E-state index in [1.54, 1.807) is 12.1 Å². The van der Waals surface area contributed by atoms with Crippen LogP contribution in [0.2, 0.25) is 0 Å². The highest BCUT2D eigenvalue weighted by molar-refractivity contribution is 5.71. The summed E-state index contributed by atoms with van der Waals surface area (Å²) in [6.45, 7) is 8.00. The van der Waals surface area contributed by atoms with E-state index in [1.807, 2.05) is 6.07 Å². The summed E-state index contributed by atoms with van der Waals surface area (Å²) < 4.78 is 17.0. The van der Waals surface area contributed by atoms with Crippen LogP contribution in [0.3, 0.4) is 0 Å². The third kappa shape index (κ3) is 3.30. The molecule has 0 saturated heterocycles. The minimum Gasteiger partial charge on any atom is -0.352 e. The summed E-state index contributed by atoms with van der Waals surface area (Å²) >= 11 is 0. The van der Waals surface area contributed by atoms with Crippen molar-refractivity contribution >= 4 is 5.70 Å². The molecule has 3 unspecified atom stereocenters. The normalized spacial score (nSPS) is 22.3. The Labute approximate surface area is 229 Å². The number of pyridine rings is 1. The highest BCUT2D eigenvalue weighted by Gasteiger charge is 2.50. The molecule has 0 spiro atoms. The number of rotatable bonds is 1. The van der Waals surface area contributed by atoms with Gasteiger partial charge in [-0.05, 0) is 72.7 Å². The third-order valence-corrected chi connectivity index (χ3v) is 9.36. The van der Waals surface area contributed by atoms with E-state index in [4.69, 9.17) is 6.58 Å². The average molecular weight is 513 g/mol. The maximum atomic E-state index is 14.8. The van der Waals surface area contributed by atoms with Crippen molar-refractivity contribution in [2.24, 2.45) is 0 Å². The number of nitrogens with zero attached hydrogens (tertiary/aromatic N) is 3. The molecule has 3 nitrogen and oxygen atoms in total. The topological polar surface area (TPSA) is 10.4 Å². The van der Waals surface area contributed by atoms with Gasteiger partial charge >= 0.3 is 0 Å². The van der Waals surface area contributed by atoms with Gasteiger partial charge in [-0.3, -0.25) is 0 Å². The lowest BCUT2D eigenvalue weighted by Crippen LogP contribution is -2.53. The van der Waals surface area contributed by atoms with E-state index in [0.29, 0.717) is 0 Å². The Morgan fingerprint density at radius 1 is 0.897 bits per heavy atom. The summed E-state index contributed by atoms with van der Waals surface area (Å²) in [6.07, 6.45) is 9.96. The fraction of sp³-hybridized carbons (Fsp3) is 0.229. The predicted molar refractivity (Wildman–Crippen MR) is 153 cm³/mol. The second kappa shape index (κ2) is 8.41. The molecular formula is C35H31FN3+. The van der Waals surface area contributed by atoms with Crippen molar-refractivity contribution in [1.82, 2.24) is 9.80 Å². The van der Waals surface area contributed by atoms with E-state index in [-0.39, 0.29) is 23.9 Å². The van der Waals surface area contributed by atoms with E-state index in [1.165, 1.54) is 38.9 Å². The minimum absolute atomic E-state index is 0.0892. The number of fused-ring (bicyclic) bond motifs is 6. The van der Waals surface area contributed by atoms with Crippen molar-refractivity contribution in [2.75, 3.05) is 6.54 Å². The van der Waals surface area contributed by atoms with Crippen LogP contribution in [0, 0.1) is 12.7 Å². The zero-order valence-corrected chi connectivity index (χ0v) is 22.1. The van der Waals surface area contributed by atoms with Gasteiger partial charge in [-0.1, -0.05) is 54.6 Å². The molecule has 0 N–H and O–H groups in total. The first-order chi connectivity index (χ1) is 19.1. The van der Waals surface area contributed by atoms with Crippen LogP contribution in [0.25, 0.3) is 28.1 Å². The van der Waals surface area contributed by atoms with Crippen molar-refractivity contribution in [1.29, 1.82) is 0 Å². The van der Waals surface area contributed by atoms with Gasteiger partial charge in [-0.15, -0.1) is 0 Å². The monoisotopic (exact) mass is 512 g/mol. The van der Waals surface area contributed by atoms with E-state index in [9.17, 15) is 4.39 Å². The van der Waals surface area contributed by atoms with E-state index >= 15 is 0 Å². The third-order valence-electron chi connectivity index (χ3n) is 9.36. The quantitative estimate of drug-likeness (QED) is 0.255. The van der Waals surface area contributed by atoms with Crippen molar-refractivity contribution in [2.45, 2.75) is 44.3 Å². The molecule has 0 saturated carbocycles. The molecule has 4 aliphatic rings. The van der Waals surface area contributed by atoms with Crippen LogP contribution in [0.15, 0.2) is 98.0 Å². The largest absolute Gasteiger partial charge is 0.352 e. The average Bonchev–Trinajstić information content (AvgIpc) is 3.41. The van der Waals surface area contributed by atoms with Crippen LogP contribution in [-0.2, 0) is 12.8 Å². The maximum absolute atomic E-state index is 14.8. The summed E-state index contributed by atoms with van der Waals surface area (Å²) in [6, 6.07) is 25.1. The Kier molecular flexibility index (Phi) is 4.91. The van der Waals surface area contributed by atoms with Gasteiger partial charge in [0.2, 0.25) is 11.4 Å². The number of aromatic nitrogens is 1.